The standard InChI is InChI=1S/C11H15NO6S/c1-2-19(17,18)10(7-13)11(14)8-3-5-9(6-4-8)12(15)16/h3-6,10-11,13-14H,2,7H2,1H3/t10-,11+/m0/s1. The van der Waals surface area contributed by atoms with E-state index in [-0.39, 0.29) is 17.0 Å². The van der Waals surface area contributed by atoms with Gasteiger partial charge in [0.05, 0.1) is 17.6 Å². The van der Waals surface area contributed by atoms with E-state index in [0.29, 0.717) is 0 Å². The average molecular weight is 289 g/mol. The highest BCUT2D eigenvalue weighted by Gasteiger charge is 2.31. The molecule has 0 bridgehead atoms. The van der Waals surface area contributed by atoms with E-state index in [2.05, 4.69) is 0 Å². The molecule has 0 unspecified atom stereocenters. The lowest BCUT2D eigenvalue weighted by atomic mass is 10.1. The molecule has 1 rings (SSSR count). The zero-order valence-corrected chi connectivity index (χ0v) is 11.1. The van der Waals surface area contributed by atoms with E-state index in [1.807, 2.05) is 0 Å². The lowest BCUT2D eigenvalue weighted by molar-refractivity contribution is -0.384. The van der Waals surface area contributed by atoms with Crippen LogP contribution in [-0.2, 0) is 9.84 Å². The van der Waals surface area contributed by atoms with Gasteiger partial charge in [0.15, 0.2) is 9.84 Å². The second kappa shape index (κ2) is 6.09. The lowest BCUT2D eigenvalue weighted by Crippen LogP contribution is -2.33. The summed E-state index contributed by atoms with van der Waals surface area (Å²) in [6, 6.07) is 4.89. The highest BCUT2D eigenvalue weighted by molar-refractivity contribution is 7.92. The van der Waals surface area contributed by atoms with Gasteiger partial charge in [-0.1, -0.05) is 6.92 Å². The molecule has 0 aliphatic heterocycles. The van der Waals surface area contributed by atoms with Crippen LogP contribution in [0.5, 0.6) is 0 Å². The molecule has 2 N–H and O–H groups in total. The van der Waals surface area contributed by atoms with Crippen molar-refractivity contribution in [2.75, 3.05) is 12.4 Å². The fourth-order valence-electron chi connectivity index (χ4n) is 1.63. The molecule has 1 aromatic carbocycles. The second-order valence-corrected chi connectivity index (χ2v) is 6.47. The summed E-state index contributed by atoms with van der Waals surface area (Å²) in [5.41, 5.74) is 0.0523. The largest absolute Gasteiger partial charge is 0.395 e. The monoisotopic (exact) mass is 289 g/mol. The summed E-state index contributed by atoms with van der Waals surface area (Å²) in [6.45, 7) is 0.703. The number of non-ortho nitro benzene ring substituents is 1. The van der Waals surface area contributed by atoms with Gasteiger partial charge in [0.2, 0.25) is 0 Å². The van der Waals surface area contributed by atoms with Gasteiger partial charge in [-0.15, -0.1) is 0 Å². The van der Waals surface area contributed by atoms with Crippen LogP contribution in [0, 0.1) is 10.1 Å². The molecule has 0 radical (unpaired) electrons. The third-order valence-corrected chi connectivity index (χ3v) is 4.98. The predicted octanol–water partition coefficient (Wildman–Crippen LogP) is 0.424. The molecule has 0 saturated carbocycles. The maximum absolute atomic E-state index is 11.7. The van der Waals surface area contributed by atoms with Gasteiger partial charge in [0, 0.05) is 17.9 Å². The van der Waals surface area contributed by atoms with Crippen LogP contribution in [0.2, 0.25) is 0 Å². The maximum Gasteiger partial charge on any atom is 0.269 e. The van der Waals surface area contributed by atoms with E-state index in [9.17, 15) is 23.6 Å². The average Bonchev–Trinajstić information content (AvgIpc) is 2.39. The van der Waals surface area contributed by atoms with Gasteiger partial charge in [-0.3, -0.25) is 10.1 Å². The first kappa shape index (κ1) is 15.5. The first-order chi connectivity index (χ1) is 8.83. The smallest absolute Gasteiger partial charge is 0.269 e. The fourth-order valence-corrected chi connectivity index (χ4v) is 2.84. The molecule has 8 heteroatoms. The molecular weight excluding hydrogens is 274 g/mol. The highest BCUT2D eigenvalue weighted by atomic mass is 32.2. The molecule has 19 heavy (non-hydrogen) atoms. The normalized spacial score (nSPS) is 14.9. The number of aliphatic hydroxyl groups excluding tert-OH is 2. The summed E-state index contributed by atoms with van der Waals surface area (Å²) < 4.78 is 23.4. The van der Waals surface area contributed by atoms with E-state index in [0.717, 1.165) is 0 Å². The summed E-state index contributed by atoms with van der Waals surface area (Å²) in [6.07, 6.45) is -1.42. The van der Waals surface area contributed by atoms with Gasteiger partial charge >= 0.3 is 0 Å². The van der Waals surface area contributed by atoms with Crippen LogP contribution in [0.3, 0.4) is 0 Å². The molecule has 2 atom stereocenters. The number of nitro groups is 1. The Bertz CT molecular complexity index is 539. The first-order valence-corrected chi connectivity index (χ1v) is 7.30. The Morgan fingerprint density at radius 1 is 1.32 bits per heavy atom. The topological polar surface area (TPSA) is 118 Å². The van der Waals surface area contributed by atoms with Gasteiger partial charge in [-0.05, 0) is 17.7 Å². The van der Waals surface area contributed by atoms with Crippen LogP contribution in [-0.4, -0.2) is 41.2 Å². The number of nitro benzene ring substituents is 1. The van der Waals surface area contributed by atoms with Crippen molar-refractivity contribution in [3.63, 3.8) is 0 Å². The number of rotatable bonds is 6. The fraction of sp³-hybridized carbons (Fsp3) is 0.455. The Morgan fingerprint density at radius 2 is 1.84 bits per heavy atom. The molecule has 0 fully saturated rings. The number of hydrogen-bond acceptors (Lipinski definition) is 6. The molecule has 0 saturated heterocycles. The van der Waals surface area contributed by atoms with Crippen molar-refractivity contribution < 1.29 is 23.6 Å². The first-order valence-electron chi connectivity index (χ1n) is 5.58. The van der Waals surface area contributed by atoms with Gasteiger partial charge in [-0.2, -0.15) is 0 Å². The Labute approximate surface area is 110 Å². The second-order valence-electron chi connectivity index (χ2n) is 3.97. The summed E-state index contributed by atoms with van der Waals surface area (Å²) in [7, 11) is -3.62. The van der Waals surface area contributed by atoms with Gasteiger partial charge in [-0.25, -0.2) is 8.42 Å². The Morgan fingerprint density at radius 3 is 2.21 bits per heavy atom. The van der Waals surface area contributed by atoms with E-state index in [4.69, 9.17) is 5.11 Å². The van der Waals surface area contributed by atoms with E-state index < -0.39 is 32.7 Å². The number of sulfone groups is 1. The highest BCUT2D eigenvalue weighted by Crippen LogP contribution is 2.24. The summed E-state index contributed by atoms with van der Waals surface area (Å²) in [5.74, 6) is -0.206. The minimum absolute atomic E-state index is 0.158. The van der Waals surface area contributed by atoms with Crippen LogP contribution in [0.15, 0.2) is 24.3 Å². The molecule has 106 valence electrons. The van der Waals surface area contributed by atoms with Gasteiger partial charge in [0.25, 0.3) is 5.69 Å². The number of nitrogens with zero attached hydrogens (tertiary/aromatic N) is 1. The zero-order chi connectivity index (χ0) is 14.6. The summed E-state index contributed by atoms with van der Waals surface area (Å²) in [4.78, 5) is 9.89. The molecule has 0 amide bonds. The molecule has 0 heterocycles. The third kappa shape index (κ3) is 3.49. The van der Waals surface area contributed by atoms with Gasteiger partial charge < -0.3 is 10.2 Å². The van der Waals surface area contributed by atoms with Crippen LogP contribution in [0.25, 0.3) is 0 Å². The van der Waals surface area contributed by atoms with E-state index >= 15 is 0 Å². The van der Waals surface area contributed by atoms with Crippen molar-refractivity contribution >= 4 is 15.5 Å². The summed E-state index contributed by atoms with van der Waals surface area (Å²) in [5, 5.41) is 28.2. The van der Waals surface area contributed by atoms with Crippen molar-refractivity contribution in [1.29, 1.82) is 0 Å². The molecule has 7 nitrogen and oxygen atoms in total. The minimum Gasteiger partial charge on any atom is -0.395 e. The van der Waals surface area contributed by atoms with Crippen molar-refractivity contribution in [1.82, 2.24) is 0 Å². The SMILES string of the molecule is CCS(=O)(=O)[C@@H](CO)[C@H](O)c1ccc([N+](=O)[O-])cc1. The zero-order valence-electron chi connectivity index (χ0n) is 10.3. The van der Waals surface area contributed by atoms with Crippen LogP contribution < -0.4 is 0 Å². The van der Waals surface area contributed by atoms with Crippen LogP contribution in [0.4, 0.5) is 5.69 Å². The van der Waals surface area contributed by atoms with Crippen molar-refractivity contribution in [2.24, 2.45) is 0 Å². The molecule has 0 aliphatic carbocycles. The Balaban J connectivity index is 3.04. The molecular formula is C11H15NO6S. The van der Waals surface area contributed by atoms with E-state index in [1.165, 1.54) is 31.2 Å². The van der Waals surface area contributed by atoms with Gasteiger partial charge in [0.1, 0.15) is 5.25 Å². The van der Waals surface area contributed by atoms with Crippen molar-refractivity contribution in [3.8, 4) is 0 Å². The lowest BCUT2D eigenvalue weighted by Gasteiger charge is -2.20. The molecule has 1 aromatic rings. The Kier molecular flexibility index (Phi) is 4.98. The Hall–Kier alpha value is -1.51. The van der Waals surface area contributed by atoms with Crippen LogP contribution >= 0.6 is 0 Å². The minimum atomic E-state index is -3.62. The maximum atomic E-state index is 11.7. The molecule has 0 aliphatic rings. The quantitative estimate of drug-likeness (QED) is 0.579. The summed E-state index contributed by atoms with van der Waals surface area (Å²) >= 11 is 0. The predicted molar refractivity (Wildman–Crippen MR) is 68.4 cm³/mol. The number of benzene rings is 1. The molecule has 0 aromatic heterocycles. The van der Waals surface area contributed by atoms with Crippen molar-refractivity contribution in [2.45, 2.75) is 18.3 Å². The van der Waals surface area contributed by atoms with Crippen molar-refractivity contribution in [3.05, 3.63) is 39.9 Å². The van der Waals surface area contributed by atoms with E-state index in [1.54, 1.807) is 0 Å². The van der Waals surface area contributed by atoms with Crippen LogP contribution in [0.1, 0.15) is 18.6 Å². The number of hydrogen-bond donors (Lipinski definition) is 2. The third-order valence-electron chi connectivity index (χ3n) is 2.84. The molecule has 0 spiro atoms. The number of aliphatic hydroxyl groups is 2.